The highest BCUT2D eigenvalue weighted by Crippen LogP contribution is 2.31. The lowest BCUT2D eigenvalue weighted by atomic mass is 10.0. The molecule has 0 spiro atoms. The van der Waals surface area contributed by atoms with E-state index in [9.17, 15) is 14.9 Å². The number of nitrogens with zero attached hydrogens (tertiary/aromatic N) is 6. The van der Waals surface area contributed by atoms with Crippen molar-refractivity contribution < 1.29 is 9.18 Å². The van der Waals surface area contributed by atoms with Crippen LogP contribution in [0.1, 0.15) is 46.2 Å². The number of amides is 2. The Kier molecular flexibility index (Phi) is 7.89. The molecule has 0 radical (unpaired) electrons. The number of nitrogens with one attached hydrogen (secondary N) is 3. The SMILES string of the molecule is CNc1ncc2cc(-c3ccc(F)c(NC(=O)Nc4cn(C(C)(C)C)nc4-c4cccc(C#N)c4)c3)c(=O)n(C(C)C)c2n1. The van der Waals surface area contributed by atoms with Gasteiger partial charge in [-0.25, -0.2) is 14.2 Å². The van der Waals surface area contributed by atoms with E-state index in [0.29, 0.717) is 50.6 Å². The van der Waals surface area contributed by atoms with Crippen LogP contribution in [0.5, 0.6) is 0 Å². The second-order valence-corrected chi connectivity index (χ2v) is 11.5. The van der Waals surface area contributed by atoms with Crippen LogP contribution in [0.4, 0.5) is 26.5 Å². The van der Waals surface area contributed by atoms with Gasteiger partial charge in [-0.2, -0.15) is 15.3 Å². The van der Waals surface area contributed by atoms with Crippen LogP contribution in [0, 0.1) is 17.1 Å². The fourth-order valence-electron chi connectivity index (χ4n) is 4.75. The van der Waals surface area contributed by atoms with Gasteiger partial charge in [0.15, 0.2) is 0 Å². The third kappa shape index (κ3) is 5.85. The molecule has 5 rings (SSSR count). The van der Waals surface area contributed by atoms with Crippen LogP contribution >= 0.6 is 0 Å². The Morgan fingerprint density at radius 2 is 1.80 bits per heavy atom. The minimum Gasteiger partial charge on any atom is -0.357 e. The molecule has 44 heavy (non-hydrogen) atoms. The molecule has 0 unspecified atom stereocenters. The summed E-state index contributed by atoms with van der Waals surface area (Å²) in [6.45, 7) is 9.64. The molecule has 224 valence electrons. The maximum absolute atomic E-state index is 15.0. The Labute approximate surface area is 253 Å². The summed E-state index contributed by atoms with van der Waals surface area (Å²) >= 11 is 0. The lowest BCUT2D eigenvalue weighted by molar-refractivity contribution is 0.262. The number of hydrogen-bond donors (Lipinski definition) is 3. The minimum absolute atomic E-state index is 0.117. The summed E-state index contributed by atoms with van der Waals surface area (Å²) in [6.07, 6.45) is 3.31. The zero-order valence-electron chi connectivity index (χ0n) is 25.2. The molecular formula is C32H32FN9O2. The molecule has 2 aromatic carbocycles. The topological polar surface area (TPSA) is 143 Å². The molecule has 0 aliphatic heterocycles. The van der Waals surface area contributed by atoms with Gasteiger partial charge in [0.05, 0.1) is 28.5 Å². The predicted molar refractivity (Wildman–Crippen MR) is 169 cm³/mol. The lowest BCUT2D eigenvalue weighted by Crippen LogP contribution is -2.25. The number of nitriles is 1. The molecule has 0 bridgehead atoms. The Bertz CT molecular complexity index is 2000. The number of benzene rings is 2. The smallest absolute Gasteiger partial charge is 0.323 e. The molecule has 0 aliphatic rings. The van der Waals surface area contributed by atoms with Crippen LogP contribution in [-0.4, -0.2) is 37.4 Å². The fraction of sp³-hybridized carbons (Fsp3) is 0.250. The van der Waals surface area contributed by atoms with Gasteiger partial charge in [0, 0.05) is 42.0 Å². The number of hydrogen-bond acceptors (Lipinski definition) is 7. The molecule has 12 heteroatoms. The number of urea groups is 1. The van der Waals surface area contributed by atoms with Gasteiger partial charge >= 0.3 is 6.03 Å². The Morgan fingerprint density at radius 1 is 1.05 bits per heavy atom. The van der Waals surface area contributed by atoms with Crippen molar-refractivity contribution in [2.75, 3.05) is 23.0 Å². The zero-order valence-corrected chi connectivity index (χ0v) is 25.2. The highest BCUT2D eigenvalue weighted by Gasteiger charge is 2.22. The number of fused-ring (bicyclic) bond motifs is 1. The van der Waals surface area contributed by atoms with E-state index < -0.39 is 17.4 Å². The summed E-state index contributed by atoms with van der Waals surface area (Å²) in [5.74, 6) is -0.296. The van der Waals surface area contributed by atoms with E-state index in [2.05, 4.69) is 37.1 Å². The third-order valence-electron chi connectivity index (χ3n) is 6.95. The number of carbonyl (C=O) groups excluding carboxylic acids is 1. The number of carbonyl (C=O) groups is 1. The summed E-state index contributed by atoms with van der Waals surface area (Å²) in [6, 6.07) is 13.8. The third-order valence-corrected chi connectivity index (χ3v) is 6.95. The molecule has 3 aromatic heterocycles. The van der Waals surface area contributed by atoms with Gasteiger partial charge in [0.2, 0.25) is 5.95 Å². The zero-order chi connectivity index (χ0) is 31.8. The monoisotopic (exact) mass is 593 g/mol. The number of rotatable bonds is 6. The van der Waals surface area contributed by atoms with E-state index in [0.717, 1.165) is 0 Å². The predicted octanol–water partition coefficient (Wildman–Crippen LogP) is 6.35. The minimum atomic E-state index is -0.710. The van der Waals surface area contributed by atoms with Crippen molar-refractivity contribution in [3.8, 4) is 28.5 Å². The maximum Gasteiger partial charge on any atom is 0.323 e. The standard InChI is InChI=1S/C32H32FN9O2/c1-18(2)42-28-22(16-36-30(35-6)39-28)13-23(29(42)43)20-10-11-24(33)25(14-20)37-31(44)38-26-17-41(32(3,4)5)40-27(26)21-9-7-8-19(12-21)15-34/h7-14,16-18H,1-6H3,(H,35,36,39)(H2,37,38,44). The van der Waals surface area contributed by atoms with Crippen LogP contribution < -0.4 is 21.5 Å². The normalized spacial score (nSPS) is 11.4. The summed E-state index contributed by atoms with van der Waals surface area (Å²) in [4.78, 5) is 35.6. The van der Waals surface area contributed by atoms with Gasteiger partial charge in [-0.15, -0.1) is 0 Å². The Hall–Kier alpha value is -5.57. The van der Waals surface area contributed by atoms with E-state index in [1.165, 1.54) is 18.2 Å². The molecule has 0 saturated heterocycles. The van der Waals surface area contributed by atoms with E-state index in [-0.39, 0.29) is 17.3 Å². The van der Waals surface area contributed by atoms with Crippen molar-refractivity contribution in [2.45, 2.75) is 46.2 Å². The number of halogens is 1. The first-order valence-corrected chi connectivity index (χ1v) is 14.0. The molecule has 3 N–H and O–H groups in total. The summed E-state index contributed by atoms with van der Waals surface area (Å²) in [5.41, 5.74) is 2.27. The number of pyridine rings is 1. The van der Waals surface area contributed by atoms with Crippen molar-refractivity contribution in [3.05, 3.63) is 82.7 Å². The fourth-order valence-corrected chi connectivity index (χ4v) is 4.75. The molecule has 5 aromatic rings. The highest BCUT2D eigenvalue weighted by molar-refractivity contribution is 6.02. The first-order chi connectivity index (χ1) is 20.9. The molecule has 0 aliphatic carbocycles. The molecular weight excluding hydrogens is 561 g/mol. The summed E-state index contributed by atoms with van der Waals surface area (Å²) < 4.78 is 18.3. The summed E-state index contributed by atoms with van der Waals surface area (Å²) in [7, 11) is 1.69. The van der Waals surface area contributed by atoms with Crippen LogP contribution in [0.25, 0.3) is 33.4 Å². The van der Waals surface area contributed by atoms with Gasteiger partial charge < -0.3 is 16.0 Å². The molecule has 2 amide bonds. The van der Waals surface area contributed by atoms with Gasteiger partial charge in [-0.05, 0) is 70.5 Å². The Balaban J connectivity index is 1.50. The molecule has 11 nitrogen and oxygen atoms in total. The van der Waals surface area contributed by atoms with Crippen LogP contribution in [0.3, 0.4) is 0 Å². The van der Waals surface area contributed by atoms with Gasteiger partial charge in [-0.3, -0.25) is 14.0 Å². The van der Waals surface area contributed by atoms with Crippen LogP contribution in [0.2, 0.25) is 0 Å². The molecule has 3 heterocycles. The number of anilines is 3. The quantitative estimate of drug-likeness (QED) is 0.208. The van der Waals surface area contributed by atoms with Crippen LogP contribution in [0.15, 0.2) is 65.7 Å². The largest absolute Gasteiger partial charge is 0.357 e. The first-order valence-electron chi connectivity index (χ1n) is 14.0. The van der Waals surface area contributed by atoms with E-state index in [1.54, 1.807) is 59.0 Å². The van der Waals surface area contributed by atoms with E-state index >= 15 is 4.39 Å². The number of aromatic nitrogens is 5. The first kappa shape index (κ1) is 29.9. The second-order valence-electron chi connectivity index (χ2n) is 11.5. The van der Waals surface area contributed by atoms with Crippen molar-refractivity contribution in [1.29, 1.82) is 5.26 Å². The van der Waals surface area contributed by atoms with Gasteiger partial charge in [0.1, 0.15) is 17.2 Å². The highest BCUT2D eigenvalue weighted by atomic mass is 19.1. The van der Waals surface area contributed by atoms with Crippen molar-refractivity contribution in [1.82, 2.24) is 24.3 Å². The lowest BCUT2D eigenvalue weighted by Gasteiger charge is -2.18. The van der Waals surface area contributed by atoms with Crippen molar-refractivity contribution in [3.63, 3.8) is 0 Å². The molecule has 0 atom stereocenters. The van der Waals surface area contributed by atoms with Gasteiger partial charge in [-0.1, -0.05) is 18.2 Å². The van der Waals surface area contributed by atoms with Crippen LogP contribution in [-0.2, 0) is 5.54 Å². The maximum atomic E-state index is 15.0. The molecule has 0 saturated carbocycles. The second kappa shape index (κ2) is 11.6. The Morgan fingerprint density at radius 3 is 2.48 bits per heavy atom. The van der Waals surface area contributed by atoms with E-state index in [4.69, 9.17) is 0 Å². The van der Waals surface area contributed by atoms with Crippen molar-refractivity contribution in [2.24, 2.45) is 0 Å². The van der Waals surface area contributed by atoms with E-state index in [1.807, 2.05) is 34.6 Å². The van der Waals surface area contributed by atoms with Crippen molar-refractivity contribution >= 4 is 34.4 Å². The molecule has 0 fully saturated rings. The van der Waals surface area contributed by atoms with Gasteiger partial charge in [0.25, 0.3) is 5.56 Å². The average molecular weight is 594 g/mol. The average Bonchev–Trinajstić information content (AvgIpc) is 3.42. The summed E-state index contributed by atoms with van der Waals surface area (Å²) in [5, 5.41) is 22.9.